The number of carbonyl (C=O) groups excluding carboxylic acids is 2. The van der Waals surface area contributed by atoms with Gasteiger partial charge in [0.05, 0.1) is 7.11 Å². The molecule has 27 heavy (non-hydrogen) atoms. The third-order valence-electron chi connectivity index (χ3n) is 4.27. The predicted octanol–water partition coefficient (Wildman–Crippen LogP) is 1.94. The second-order valence-corrected chi connectivity index (χ2v) is 6.24. The molecule has 0 saturated heterocycles. The molecule has 0 saturated carbocycles. The van der Waals surface area contributed by atoms with Gasteiger partial charge in [0, 0.05) is 49.3 Å². The third kappa shape index (κ3) is 4.63. The molecule has 0 fully saturated rings. The van der Waals surface area contributed by atoms with Gasteiger partial charge in [-0.2, -0.15) is 0 Å². The van der Waals surface area contributed by atoms with Crippen molar-refractivity contribution in [3.8, 4) is 5.88 Å². The minimum Gasteiger partial charge on any atom is -0.481 e. The van der Waals surface area contributed by atoms with Crippen molar-refractivity contribution in [3.05, 3.63) is 59.9 Å². The molecule has 2 amide bonds. The molecule has 3 rings (SSSR count). The molecule has 140 valence electrons. The van der Waals surface area contributed by atoms with Gasteiger partial charge < -0.3 is 20.4 Å². The molecular formula is C20H22N4O3. The summed E-state index contributed by atoms with van der Waals surface area (Å²) in [5.74, 6) is 0.0212. The Morgan fingerprint density at radius 1 is 1.22 bits per heavy atom. The summed E-state index contributed by atoms with van der Waals surface area (Å²) in [5.41, 5.74) is 2.82. The fraction of sp³-hybridized carbons (Fsp3) is 0.250. The van der Waals surface area contributed by atoms with E-state index in [0.717, 1.165) is 22.0 Å². The van der Waals surface area contributed by atoms with Gasteiger partial charge in [0.15, 0.2) is 0 Å². The van der Waals surface area contributed by atoms with Crippen LogP contribution >= 0.6 is 0 Å². The van der Waals surface area contributed by atoms with Crippen LogP contribution in [0.4, 0.5) is 0 Å². The van der Waals surface area contributed by atoms with Gasteiger partial charge in [-0.05, 0) is 17.2 Å². The monoisotopic (exact) mass is 366 g/mol. The Labute approximate surface area is 157 Å². The maximum atomic E-state index is 12.7. The summed E-state index contributed by atoms with van der Waals surface area (Å²) in [4.78, 5) is 31.5. The van der Waals surface area contributed by atoms with E-state index in [4.69, 9.17) is 4.74 Å². The number of hydrogen-bond donors (Lipinski definition) is 3. The lowest BCUT2D eigenvalue weighted by Gasteiger charge is -2.17. The summed E-state index contributed by atoms with van der Waals surface area (Å²) in [6, 6.07) is 10.8. The number of carbonyl (C=O) groups is 2. The SMILES string of the molecule is COc1ccc(CNC(=O)[C@@H](Cc2c[nH]c3ccccc23)NC(C)=O)cn1. The fourth-order valence-electron chi connectivity index (χ4n) is 2.92. The normalized spacial score (nSPS) is 11.8. The van der Waals surface area contributed by atoms with Gasteiger partial charge in [-0.15, -0.1) is 0 Å². The molecule has 0 aliphatic heterocycles. The van der Waals surface area contributed by atoms with Crippen LogP contribution in [0.15, 0.2) is 48.8 Å². The Morgan fingerprint density at radius 2 is 2.04 bits per heavy atom. The number of aromatic amines is 1. The number of nitrogens with zero attached hydrogens (tertiary/aromatic N) is 1. The van der Waals surface area contributed by atoms with Crippen molar-refractivity contribution in [1.82, 2.24) is 20.6 Å². The van der Waals surface area contributed by atoms with E-state index in [1.54, 1.807) is 19.4 Å². The summed E-state index contributed by atoms with van der Waals surface area (Å²) >= 11 is 0. The minimum atomic E-state index is -0.659. The van der Waals surface area contributed by atoms with Crippen LogP contribution in [0.1, 0.15) is 18.1 Å². The zero-order valence-electron chi connectivity index (χ0n) is 15.3. The third-order valence-corrected chi connectivity index (χ3v) is 4.27. The van der Waals surface area contributed by atoms with Crippen LogP contribution in [-0.4, -0.2) is 34.9 Å². The van der Waals surface area contributed by atoms with Crippen molar-refractivity contribution in [2.45, 2.75) is 25.9 Å². The first-order valence-electron chi connectivity index (χ1n) is 8.65. The second kappa shape index (κ2) is 8.35. The fourth-order valence-corrected chi connectivity index (χ4v) is 2.92. The lowest BCUT2D eigenvalue weighted by Crippen LogP contribution is -2.47. The number of hydrogen-bond acceptors (Lipinski definition) is 4. The molecule has 0 spiro atoms. The van der Waals surface area contributed by atoms with Crippen molar-refractivity contribution in [2.75, 3.05) is 7.11 Å². The van der Waals surface area contributed by atoms with Gasteiger partial charge >= 0.3 is 0 Å². The molecule has 7 nitrogen and oxygen atoms in total. The van der Waals surface area contributed by atoms with Gasteiger partial charge in [0.1, 0.15) is 6.04 Å². The molecule has 0 unspecified atom stereocenters. The Morgan fingerprint density at radius 3 is 2.74 bits per heavy atom. The Hall–Kier alpha value is -3.35. The molecule has 0 aliphatic carbocycles. The standard InChI is InChI=1S/C20H22N4O3/c1-13(25)24-18(9-15-12-21-17-6-4-3-5-16(15)17)20(26)23-11-14-7-8-19(27-2)22-10-14/h3-8,10,12,18,21H,9,11H2,1-2H3,(H,23,26)(H,24,25)/t18-/m1/s1. The lowest BCUT2D eigenvalue weighted by atomic mass is 10.0. The first-order chi connectivity index (χ1) is 13.1. The number of pyridine rings is 1. The molecule has 0 aliphatic rings. The molecule has 0 radical (unpaired) electrons. The largest absolute Gasteiger partial charge is 0.481 e. The number of aromatic nitrogens is 2. The van der Waals surface area contributed by atoms with E-state index < -0.39 is 6.04 Å². The van der Waals surface area contributed by atoms with Crippen LogP contribution in [0.3, 0.4) is 0 Å². The minimum absolute atomic E-state index is 0.244. The summed E-state index contributed by atoms with van der Waals surface area (Å²) in [5, 5.41) is 6.64. The molecule has 1 aromatic carbocycles. The van der Waals surface area contributed by atoms with Crippen LogP contribution in [0.25, 0.3) is 10.9 Å². The lowest BCUT2D eigenvalue weighted by molar-refractivity contribution is -0.128. The van der Waals surface area contributed by atoms with Crippen LogP contribution in [0, 0.1) is 0 Å². The zero-order valence-corrected chi connectivity index (χ0v) is 15.3. The predicted molar refractivity (Wildman–Crippen MR) is 102 cm³/mol. The van der Waals surface area contributed by atoms with Crippen LogP contribution in [0.2, 0.25) is 0 Å². The Kier molecular flexibility index (Phi) is 5.71. The summed E-state index contributed by atoms with van der Waals surface area (Å²) < 4.78 is 5.02. The van der Waals surface area contributed by atoms with Crippen molar-refractivity contribution < 1.29 is 14.3 Å². The Bertz CT molecular complexity index is 934. The van der Waals surface area contributed by atoms with Crippen molar-refractivity contribution in [1.29, 1.82) is 0 Å². The first-order valence-corrected chi connectivity index (χ1v) is 8.65. The molecule has 0 bridgehead atoms. The Balaban J connectivity index is 1.69. The average molecular weight is 366 g/mol. The van der Waals surface area contributed by atoms with Gasteiger partial charge in [-0.3, -0.25) is 9.59 Å². The molecule has 1 atom stereocenters. The number of nitrogens with one attached hydrogen (secondary N) is 3. The molecule has 3 N–H and O–H groups in total. The number of H-pyrrole nitrogens is 1. The van der Waals surface area contributed by atoms with Crippen molar-refractivity contribution in [3.63, 3.8) is 0 Å². The molecular weight excluding hydrogens is 344 g/mol. The van der Waals surface area contributed by atoms with E-state index in [1.165, 1.54) is 6.92 Å². The summed E-state index contributed by atoms with van der Waals surface area (Å²) in [7, 11) is 1.55. The van der Waals surface area contributed by atoms with Crippen LogP contribution in [-0.2, 0) is 22.6 Å². The maximum absolute atomic E-state index is 12.7. The highest BCUT2D eigenvalue weighted by Gasteiger charge is 2.21. The van der Waals surface area contributed by atoms with E-state index in [-0.39, 0.29) is 11.8 Å². The van der Waals surface area contributed by atoms with Gasteiger partial charge in [-0.1, -0.05) is 24.3 Å². The highest BCUT2D eigenvalue weighted by Crippen LogP contribution is 2.19. The number of amides is 2. The number of rotatable bonds is 7. The van der Waals surface area contributed by atoms with E-state index in [0.29, 0.717) is 18.8 Å². The van der Waals surface area contributed by atoms with Gasteiger partial charge in [0.25, 0.3) is 0 Å². The van der Waals surface area contributed by atoms with Crippen LogP contribution in [0.5, 0.6) is 5.88 Å². The number of para-hydroxylation sites is 1. The molecule has 7 heteroatoms. The number of ether oxygens (including phenoxy) is 1. The van der Waals surface area contributed by atoms with E-state index in [1.807, 2.05) is 36.5 Å². The molecule has 2 aromatic heterocycles. The van der Waals surface area contributed by atoms with Crippen molar-refractivity contribution in [2.24, 2.45) is 0 Å². The average Bonchev–Trinajstić information content (AvgIpc) is 3.08. The molecule has 3 aromatic rings. The maximum Gasteiger partial charge on any atom is 0.243 e. The summed E-state index contributed by atoms with van der Waals surface area (Å²) in [6.07, 6.45) is 3.92. The van der Waals surface area contributed by atoms with Crippen molar-refractivity contribution >= 4 is 22.7 Å². The van der Waals surface area contributed by atoms with E-state index in [2.05, 4.69) is 20.6 Å². The number of fused-ring (bicyclic) bond motifs is 1. The topological polar surface area (TPSA) is 96.1 Å². The number of benzene rings is 1. The summed E-state index contributed by atoms with van der Waals surface area (Å²) in [6.45, 7) is 1.72. The molecule has 2 heterocycles. The highest BCUT2D eigenvalue weighted by molar-refractivity contribution is 5.89. The number of methoxy groups -OCH3 is 1. The van der Waals surface area contributed by atoms with Crippen LogP contribution < -0.4 is 15.4 Å². The highest BCUT2D eigenvalue weighted by atomic mass is 16.5. The van der Waals surface area contributed by atoms with Gasteiger partial charge in [0.2, 0.25) is 17.7 Å². The smallest absolute Gasteiger partial charge is 0.243 e. The first kappa shape index (κ1) is 18.4. The quantitative estimate of drug-likeness (QED) is 0.595. The zero-order chi connectivity index (χ0) is 19.2. The van der Waals surface area contributed by atoms with E-state index in [9.17, 15) is 9.59 Å². The van der Waals surface area contributed by atoms with Gasteiger partial charge in [-0.25, -0.2) is 4.98 Å². The second-order valence-electron chi connectivity index (χ2n) is 6.24. The van der Waals surface area contributed by atoms with E-state index >= 15 is 0 Å².